The van der Waals surface area contributed by atoms with Crippen LogP contribution in [-0.2, 0) is 30.2 Å². The number of alkyl halides is 6. The molecule has 0 aliphatic heterocycles. The Kier molecular flexibility index (Phi) is 7.67. The first-order valence-electron chi connectivity index (χ1n) is 11.7. The minimum absolute atomic E-state index is 0.0526. The molecule has 0 saturated carbocycles. The normalized spacial score (nSPS) is 15.0. The van der Waals surface area contributed by atoms with E-state index in [9.17, 15) is 35.9 Å². The molecule has 39 heavy (non-hydrogen) atoms. The Hall–Kier alpha value is -4.34. The van der Waals surface area contributed by atoms with Gasteiger partial charge in [-0.25, -0.2) is 0 Å². The van der Waals surface area contributed by atoms with Crippen LogP contribution in [0.15, 0.2) is 72.3 Å². The van der Waals surface area contributed by atoms with E-state index in [1.165, 1.54) is 12.1 Å². The number of hydrogen-bond acceptors (Lipinski definition) is 3. The van der Waals surface area contributed by atoms with Crippen LogP contribution in [0.25, 0.3) is 12.2 Å². The first kappa shape index (κ1) is 27.7. The topological polar surface area (TPSA) is 69.4 Å². The smallest absolute Gasteiger partial charge is 0.416 e. The largest absolute Gasteiger partial charge is 0.489 e. The summed E-state index contributed by atoms with van der Waals surface area (Å²) in [6.07, 6.45) is -5.53. The van der Waals surface area contributed by atoms with Crippen LogP contribution in [0.5, 0.6) is 5.75 Å². The predicted molar refractivity (Wildman–Crippen MR) is 133 cm³/mol. The second-order valence-electron chi connectivity index (χ2n) is 8.92. The number of ketones is 1. The van der Waals surface area contributed by atoms with Crippen molar-refractivity contribution in [1.29, 1.82) is 0 Å². The molecule has 0 aromatic heterocycles. The Morgan fingerprint density at radius 2 is 1.49 bits per heavy atom. The van der Waals surface area contributed by atoms with E-state index in [2.05, 4.69) is 0 Å². The summed E-state index contributed by atoms with van der Waals surface area (Å²) in [6, 6.07) is 13.3. The SMILES string of the molecule is NC(=O)/C=C/c1ccc(COc2ccc3c(c2)CC/C(=C\c2cc(C(F)(F)F)cc(C(F)(F)F)c2)C3=O)cc1. The van der Waals surface area contributed by atoms with Crippen molar-refractivity contribution in [3.05, 3.63) is 111 Å². The molecule has 2 N–H and O–H groups in total. The van der Waals surface area contributed by atoms with Crippen molar-refractivity contribution in [3.63, 3.8) is 0 Å². The summed E-state index contributed by atoms with van der Waals surface area (Å²) in [5, 5.41) is 0. The molecule has 0 saturated heterocycles. The number of Topliss-reactive ketones (excluding diaryl/α,β-unsaturated/α-hetero) is 1. The number of ether oxygens (including phenoxy) is 1. The summed E-state index contributed by atoms with van der Waals surface area (Å²) < 4.78 is 84.9. The van der Waals surface area contributed by atoms with E-state index in [0.717, 1.165) is 17.2 Å². The van der Waals surface area contributed by atoms with Gasteiger partial charge in [-0.15, -0.1) is 0 Å². The highest BCUT2D eigenvalue weighted by Crippen LogP contribution is 2.37. The second kappa shape index (κ2) is 10.8. The number of nitrogens with two attached hydrogens (primary N) is 1. The van der Waals surface area contributed by atoms with E-state index in [1.807, 2.05) is 12.1 Å². The van der Waals surface area contributed by atoms with Gasteiger partial charge >= 0.3 is 12.4 Å². The van der Waals surface area contributed by atoms with E-state index in [-0.39, 0.29) is 30.2 Å². The molecule has 3 aromatic carbocycles. The summed E-state index contributed by atoms with van der Waals surface area (Å²) in [5.74, 6) is -0.519. The Morgan fingerprint density at radius 3 is 2.08 bits per heavy atom. The molecule has 1 aliphatic carbocycles. The number of fused-ring (bicyclic) bond motifs is 1. The van der Waals surface area contributed by atoms with Crippen molar-refractivity contribution in [1.82, 2.24) is 0 Å². The molecule has 1 amide bonds. The monoisotopic (exact) mass is 545 g/mol. The molecule has 4 nitrogen and oxygen atoms in total. The standard InChI is InChI=1S/C29H21F6NO3/c30-28(31,32)22-12-19(13-23(15-22)29(33,34)35)11-21-7-6-20-14-24(8-9-25(20)27(21)38)39-16-18-3-1-17(2-4-18)5-10-26(36)37/h1-5,8-15H,6-7,16H2,(H2,36,37)/b10-5+,21-11+. The van der Waals surface area contributed by atoms with Crippen molar-refractivity contribution in [3.8, 4) is 5.75 Å². The van der Waals surface area contributed by atoms with Crippen LogP contribution in [0.1, 0.15) is 50.2 Å². The van der Waals surface area contributed by atoms with Crippen LogP contribution in [0.4, 0.5) is 26.3 Å². The summed E-state index contributed by atoms with van der Waals surface area (Å²) in [6.45, 7) is 0.231. The van der Waals surface area contributed by atoms with Gasteiger partial charge in [-0.3, -0.25) is 9.59 Å². The van der Waals surface area contributed by atoms with E-state index in [1.54, 1.807) is 30.3 Å². The maximum absolute atomic E-state index is 13.2. The van der Waals surface area contributed by atoms with Crippen molar-refractivity contribution >= 4 is 23.8 Å². The van der Waals surface area contributed by atoms with E-state index < -0.39 is 35.2 Å². The van der Waals surface area contributed by atoms with Crippen molar-refractivity contribution in [2.75, 3.05) is 0 Å². The van der Waals surface area contributed by atoms with Crippen molar-refractivity contribution < 1.29 is 40.7 Å². The highest BCUT2D eigenvalue weighted by Gasteiger charge is 2.37. The fourth-order valence-corrected chi connectivity index (χ4v) is 4.12. The lowest BCUT2D eigenvalue weighted by Crippen LogP contribution is -2.15. The van der Waals surface area contributed by atoms with Crippen molar-refractivity contribution in [2.24, 2.45) is 5.73 Å². The zero-order valence-corrected chi connectivity index (χ0v) is 20.2. The Morgan fingerprint density at radius 1 is 0.846 bits per heavy atom. The molecule has 10 heteroatoms. The highest BCUT2D eigenvalue weighted by atomic mass is 19.4. The number of hydrogen-bond donors (Lipinski definition) is 1. The van der Waals surface area contributed by atoms with Gasteiger partial charge in [-0.1, -0.05) is 24.3 Å². The van der Waals surface area contributed by atoms with Gasteiger partial charge in [0, 0.05) is 17.2 Å². The van der Waals surface area contributed by atoms with Crippen LogP contribution in [0, 0.1) is 0 Å². The van der Waals surface area contributed by atoms with Gasteiger partial charge in [-0.2, -0.15) is 26.3 Å². The lowest BCUT2D eigenvalue weighted by molar-refractivity contribution is -0.143. The second-order valence-corrected chi connectivity index (χ2v) is 8.92. The number of benzene rings is 3. The molecule has 0 spiro atoms. The first-order chi connectivity index (χ1) is 18.3. The average Bonchev–Trinajstić information content (AvgIpc) is 2.87. The maximum atomic E-state index is 13.2. The highest BCUT2D eigenvalue weighted by molar-refractivity contribution is 6.13. The van der Waals surface area contributed by atoms with Gasteiger partial charge in [-0.05, 0) is 83.6 Å². The number of primary amides is 1. The molecule has 1 aliphatic rings. The van der Waals surface area contributed by atoms with Gasteiger partial charge in [0.25, 0.3) is 0 Å². The fourth-order valence-electron chi connectivity index (χ4n) is 4.12. The van der Waals surface area contributed by atoms with E-state index in [4.69, 9.17) is 10.5 Å². The lowest BCUT2D eigenvalue weighted by Gasteiger charge is -2.19. The molecule has 0 atom stereocenters. The number of carbonyl (C=O) groups is 2. The van der Waals surface area contributed by atoms with Crippen LogP contribution < -0.4 is 10.5 Å². The Labute approximate surface area is 219 Å². The number of amides is 1. The minimum atomic E-state index is -4.97. The first-order valence-corrected chi connectivity index (χ1v) is 11.7. The van der Waals surface area contributed by atoms with Gasteiger partial charge < -0.3 is 10.5 Å². The molecule has 3 aromatic rings. The fraction of sp³-hybridized carbons (Fsp3) is 0.172. The molecule has 0 fully saturated rings. The summed E-state index contributed by atoms with van der Waals surface area (Å²) in [5.41, 5.74) is 4.59. The molecule has 4 rings (SSSR count). The van der Waals surface area contributed by atoms with Gasteiger partial charge in [0.15, 0.2) is 5.78 Å². The number of aryl methyl sites for hydroxylation is 1. The Bertz CT molecular complexity index is 1440. The number of carbonyl (C=O) groups excluding carboxylic acids is 2. The molecular formula is C29H21F6NO3. The molecule has 202 valence electrons. The maximum Gasteiger partial charge on any atom is 0.416 e. The predicted octanol–water partition coefficient (Wildman–Crippen LogP) is 7.01. The number of halogens is 6. The zero-order valence-electron chi connectivity index (χ0n) is 20.2. The van der Waals surface area contributed by atoms with Crippen molar-refractivity contribution in [2.45, 2.75) is 31.8 Å². The van der Waals surface area contributed by atoms with Gasteiger partial charge in [0.05, 0.1) is 11.1 Å². The molecule has 0 radical (unpaired) electrons. The third kappa shape index (κ3) is 6.95. The quantitative estimate of drug-likeness (QED) is 0.268. The Balaban J connectivity index is 1.50. The van der Waals surface area contributed by atoms with Crippen LogP contribution in [0.3, 0.4) is 0 Å². The average molecular weight is 545 g/mol. The number of allylic oxidation sites excluding steroid dienone is 1. The lowest BCUT2D eigenvalue weighted by atomic mass is 9.85. The van der Waals surface area contributed by atoms with Crippen LogP contribution in [-0.4, -0.2) is 11.7 Å². The van der Waals surface area contributed by atoms with Gasteiger partial charge in [0.2, 0.25) is 5.91 Å². The third-order valence-electron chi connectivity index (χ3n) is 6.05. The molecule has 0 unspecified atom stereocenters. The van der Waals surface area contributed by atoms with E-state index >= 15 is 0 Å². The van der Waals surface area contributed by atoms with Crippen LogP contribution >= 0.6 is 0 Å². The summed E-state index contributed by atoms with van der Waals surface area (Å²) in [4.78, 5) is 23.8. The van der Waals surface area contributed by atoms with E-state index in [0.29, 0.717) is 35.4 Å². The minimum Gasteiger partial charge on any atom is -0.489 e. The molecule has 0 heterocycles. The summed E-state index contributed by atoms with van der Waals surface area (Å²) >= 11 is 0. The zero-order chi connectivity index (χ0) is 28.4. The molecular weight excluding hydrogens is 524 g/mol. The van der Waals surface area contributed by atoms with Gasteiger partial charge in [0.1, 0.15) is 12.4 Å². The third-order valence-corrected chi connectivity index (χ3v) is 6.05. The number of rotatable bonds is 6. The molecule has 0 bridgehead atoms. The van der Waals surface area contributed by atoms with Crippen LogP contribution in [0.2, 0.25) is 0 Å². The summed E-state index contributed by atoms with van der Waals surface area (Å²) in [7, 11) is 0.